The van der Waals surface area contributed by atoms with Crippen molar-refractivity contribution in [1.29, 1.82) is 0 Å². The average Bonchev–Trinajstić information content (AvgIpc) is 3.10. The molecule has 2 aromatic rings. The van der Waals surface area contributed by atoms with Crippen LogP contribution >= 0.6 is 0 Å². The maximum atomic E-state index is 13.7. The van der Waals surface area contributed by atoms with Gasteiger partial charge in [0.2, 0.25) is 5.91 Å². The standard InChI is InChI=1S/C25H35N3O3/c1-4-14-28-23(29)22-15-18-12-13-20(31-3)16-21(18)27(22)17-25(28,2)24(30)26-19-10-8-6-5-7-9-11-19/h12-13,15-16,19H,4-11,14,17H2,1-3H3,(H,26,30)/t25-/m0/s1. The van der Waals surface area contributed by atoms with Gasteiger partial charge in [0.1, 0.15) is 17.0 Å². The molecule has 6 nitrogen and oxygen atoms in total. The van der Waals surface area contributed by atoms with Gasteiger partial charge in [-0.3, -0.25) is 9.59 Å². The van der Waals surface area contributed by atoms with Crippen LogP contribution in [0.4, 0.5) is 0 Å². The summed E-state index contributed by atoms with van der Waals surface area (Å²) in [5.74, 6) is 0.645. The van der Waals surface area contributed by atoms with Crippen LogP contribution in [0.25, 0.3) is 10.9 Å². The van der Waals surface area contributed by atoms with Gasteiger partial charge >= 0.3 is 0 Å². The van der Waals surface area contributed by atoms with Crippen LogP contribution in [0.3, 0.4) is 0 Å². The van der Waals surface area contributed by atoms with Crippen LogP contribution in [0.15, 0.2) is 24.3 Å². The quantitative estimate of drug-likeness (QED) is 0.767. The lowest BCUT2D eigenvalue weighted by Gasteiger charge is -2.44. The lowest BCUT2D eigenvalue weighted by atomic mass is 9.92. The van der Waals surface area contributed by atoms with Crippen molar-refractivity contribution in [3.05, 3.63) is 30.0 Å². The smallest absolute Gasteiger partial charge is 0.271 e. The van der Waals surface area contributed by atoms with Gasteiger partial charge in [-0.25, -0.2) is 0 Å². The Balaban J connectivity index is 1.68. The van der Waals surface area contributed by atoms with E-state index in [4.69, 9.17) is 4.74 Å². The number of nitrogens with zero attached hydrogens (tertiary/aromatic N) is 2. The normalized spacial score (nSPS) is 22.7. The second-order valence-corrected chi connectivity index (χ2v) is 9.29. The van der Waals surface area contributed by atoms with Crippen LogP contribution in [-0.4, -0.2) is 46.5 Å². The molecule has 2 amide bonds. The summed E-state index contributed by atoms with van der Waals surface area (Å²) in [5, 5.41) is 4.32. The number of nitrogens with one attached hydrogen (secondary N) is 1. The lowest BCUT2D eigenvalue weighted by molar-refractivity contribution is -0.133. The van der Waals surface area contributed by atoms with Gasteiger partial charge in [0.25, 0.3) is 5.91 Å². The van der Waals surface area contributed by atoms with Gasteiger partial charge in [-0.1, -0.05) is 39.0 Å². The van der Waals surface area contributed by atoms with E-state index < -0.39 is 5.54 Å². The molecular weight excluding hydrogens is 390 g/mol. The molecule has 6 heteroatoms. The van der Waals surface area contributed by atoms with E-state index in [-0.39, 0.29) is 17.9 Å². The number of benzene rings is 1. The summed E-state index contributed by atoms with van der Waals surface area (Å²) in [4.78, 5) is 29.0. The fraction of sp³-hybridized carbons (Fsp3) is 0.600. The monoisotopic (exact) mass is 425 g/mol. The molecule has 1 N–H and O–H groups in total. The fourth-order valence-corrected chi connectivity index (χ4v) is 5.17. The van der Waals surface area contributed by atoms with Gasteiger partial charge in [0.05, 0.1) is 19.2 Å². The van der Waals surface area contributed by atoms with Crippen LogP contribution in [0.5, 0.6) is 5.75 Å². The van der Waals surface area contributed by atoms with Crippen molar-refractivity contribution in [1.82, 2.24) is 14.8 Å². The van der Waals surface area contributed by atoms with E-state index in [0.717, 1.165) is 48.8 Å². The number of fused-ring (bicyclic) bond motifs is 3. The highest BCUT2D eigenvalue weighted by atomic mass is 16.5. The minimum absolute atomic E-state index is 0.0322. The topological polar surface area (TPSA) is 63.6 Å². The van der Waals surface area contributed by atoms with E-state index in [2.05, 4.69) is 12.2 Å². The van der Waals surface area contributed by atoms with Crippen LogP contribution in [0, 0.1) is 0 Å². The number of amides is 2. The first-order chi connectivity index (χ1) is 15.0. The second-order valence-electron chi connectivity index (χ2n) is 9.29. The average molecular weight is 426 g/mol. The Morgan fingerprint density at radius 2 is 1.87 bits per heavy atom. The molecular formula is C25H35N3O3. The highest BCUT2D eigenvalue weighted by Gasteiger charge is 2.47. The maximum Gasteiger partial charge on any atom is 0.271 e. The Labute approximate surface area is 184 Å². The van der Waals surface area contributed by atoms with Gasteiger partial charge < -0.3 is 19.5 Å². The molecule has 2 heterocycles. The van der Waals surface area contributed by atoms with Gasteiger partial charge in [-0.05, 0) is 44.4 Å². The van der Waals surface area contributed by atoms with Crippen molar-refractivity contribution in [3.8, 4) is 5.75 Å². The first kappa shape index (κ1) is 21.7. The number of methoxy groups -OCH3 is 1. The van der Waals surface area contributed by atoms with Gasteiger partial charge in [0.15, 0.2) is 0 Å². The summed E-state index contributed by atoms with van der Waals surface area (Å²) in [6.45, 7) is 4.99. The molecule has 0 radical (unpaired) electrons. The largest absolute Gasteiger partial charge is 0.497 e. The highest BCUT2D eigenvalue weighted by molar-refractivity contribution is 6.03. The Morgan fingerprint density at radius 1 is 1.16 bits per heavy atom. The van der Waals surface area contributed by atoms with Crippen LogP contribution in [0.2, 0.25) is 0 Å². The Hall–Kier alpha value is -2.50. The van der Waals surface area contributed by atoms with Gasteiger partial charge in [-0.2, -0.15) is 0 Å². The second kappa shape index (κ2) is 8.93. The number of aromatic nitrogens is 1. The van der Waals surface area contributed by atoms with Gasteiger partial charge in [-0.15, -0.1) is 0 Å². The molecule has 1 aliphatic heterocycles. The van der Waals surface area contributed by atoms with Crippen molar-refractivity contribution in [2.75, 3.05) is 13.7 Å². The number of rotatable bonds is 5. The van der Waals surface area contributed by atoms with E-state index in [1.807, 2.05) is 35.8 Å². The molecule has 2 aliphatic rings. The van der Waals surface area contributed by atoms with Crippen molar-refractivity contribution in [2.24, 2.45) is 0 Å². The molecule has 0 spiro atoms. The first-order valence-corrected chi connectivity index (χ1v) is 11.8. The predicted octanol–water partition coefficient (Wildman–Crippen LogP) is 4.50. The van der Waals surface area contributed by atoms with Crippen LogP contribution in [0.1, 0.15) is 75.7 Å². The Kier molecular flexibility index (Phi) is 6.26. The molecule has 1 aromatic heterocycles. The molecule has 0 bridgehead atoms. The Morgan fingerprint density at radius 3 is 2.55 bits per heavy atom. The van der Waals surface area contributed by atoms with E-state index in [1.165, 1.54) is 19.3 Å². The van der Waals surface area contributed by atoms with Crippen LogP contribution in [-0.2, 0) is 11.3 Å². The zero-order valence-electron chi connectivity index (χ0n) is 19.1. The SMILES string of the molecule is CCCN1C(=O)c2cc3ccc(OC)cc3n2C[C@@]1(C)C(=O)NC1CCCCCCC1. The molecule has 1 saturated carbocycles. The molecule has 1 aromatic carbocycles. The highest BCUT2D eigenvalue weighted by Crippen LogP contribution is 2.34. The minimum atomic E-state index is -0.919. The van der Waals surface area contributed by atoms with E-state index in [1.54, 1.807) is 12.0 Å². The summed E-state index contributed by atoms with van der Waals surface area (Å²) in [6, 6.07) is 7.97. The predicted molar refractivity (Wildman–Crippen MR) is 122 cm³/mol. The minimum Gasteiger partial charge on any atom is -0.497 e. The molecule has 31 heavy (non-hydrogen) atoms. The third kappa shape index (κ3) is 4.04. The first-order valence-electron chi connectivity index (χ1n) is 11.8. The van der Waals surface area contributed by atoms with Crippen molar-refractivity contribution >= 4 is 22.7 Å². The van der Waals surface area contributed by atoms with E-state index >= 15 is 0 Å². The summed E-state index contributed by atoms with van der Waals surface area (Å²) in [6.07, 6.45) is 8.96. The lowest BCUT2D eigenvalue weighted by Crippen LogP contribution is -2.65. The molecule has 1 aliphatic carbocycles. The van der Waals surface area contributed by atoms with Crippen LogP contribution < -0.4 is 10.1 Å². The third-order valence-electron chi connectivity index (χ3n) is 7.01. The van der Waals surface area contributed by atoms with Crippen molar-refractivity contribution in [2.45, 2.75) is 83.3 Å². The number of hydrogen-bond acceptors (Lipinski definition) is 3. The van der Waals surface area contributed by atoms with Crippen molar-refractivity contribution < 1.29 is 14.3 Å². The number of hydrogen-bond donors (Lipinski definition) is 1. The molecule has 1 fully saturated rings. The van der Waals surface area contributed by atoms with Gasteiger partial charge in [0, 0.05) is 24.0 Å². The summed E-state index contributed by atoms with van der Waals surface area (Å²) in [7, 11) is 1.64. The zero-order valence-corrected chi connectivity index (χ0v) is 19.1. The molecule has 1 atom stereocenters. The third-order valence-corrected chi connectivity index (χ3v) is 7.01. The number of ether oxygens (including phenoxy) is 1. The maximum absolute atomic E-state index is 13.7. The Bertz CT molecular complexity index is 958. The van der Waals surface area contributed by atoms with Crippen molar-refractivity contribution in [3.63, 3.8) is 0 Å². The molecule has 4 rings (SSSR count). The number of carbonyl (C=O) groups excluding carboxylic acids is 2. The summed E-state index contributed by atoms with van der Waals surface area (Å²) in [5.41, 5.74) is 0.661. The van der Waals surface area contributed by atoms with E-state index in [9.17, 15) is 9.59 Å². The fourth-order valence-electron chi connectivity index (χ4n) is 5.17. The number of carbonyl (C=O) groups is 2. The summed E-state index contributed by atoms with van der Waals surface area (Å²) >= 11 is 0. The van der Waals surface area contributed by atoms with E-state index in [0.29, 0.717) is 18.8 Å². The summed E-state index contributed by atoms with van der Waals surface area (Å²) < 4.78 is 7.41. The molecule has 168 valence electrons. The molecule has 0 unspecified atom stereocenters. The molecule has 0 saturated heterocycles. The zero-order chi connectivity index (χ0) is 22.0.